The molecule has 1 atom stereocenters. The van der Waals surface area contributed by atoms with Gasteiger partial charge in [0.05, 0.1) is 6.10 Å². The molecule has 0 radical (unpaired) electrons. The predicted molar refractivity (Wildman–Crippen MR) is 83.5 cm³/mol. The van der Waals surface area contributed by atoms with Crippen LogP contribution in [0.3, 0.4) is 0 Å². The maximum Gasteiger partial charge on any atom is 0.238 e. The minimum atomic E-state index is 0.0298. The Morgan fingerprint density at radius 3 is 3.14 bits per heavy atom. The van der Waals surface area contributed by atoms with Crippen LogP contribution in [-0.2, 0) is 4.79 Å². The Labute approximate surface area is 126 Å². The Balaban J connectivity index is 1.84. The van der Waals surface area contributed by atoms with Crippen LogP contribution in [0, 0.1) is 5.92 Å². The number of aromatic nitrogens is 1. The molecule has 116 valence electrons. The summed E-state index contributed by atoms with van der Waals surface area (Å²) in [6.45, 7) is 6.02. The number of anilines is 1. The largest absolute Gasteiger partial charge is 0.473 e. The molecule has 1 aliphatic rings. The molecule has 5 heteroatoms. The van der Waals surface area contributed by atoms with Crippen LogP contribution < -0.4 is 15.4 Å². The molecule has 2 N–H and O–H groups in total. The molecule has 21 heavy (non-hydrogen) atoms. The van der Waals surface area contributed by atoms with Crippen LogP contribution in [0.15, 0.2) is 18.3 Å². The highest BCUT2D eigenvalue weighted by atomic mass is 16.5. The molecule has 1 saturated heterocycles. The minimum Gasteiger partial charge on any atom is -0.473 e. The second-order valence-electron chi connectivity index (χ2n) is 5.82. The van der Waals surface area contributed by atoms with E-state index in [0.717, 1.165) is 19.5 Å². The van der Waals surface area contributed by atoms with Gasteiger partial charge in [-0.15, -0.1) is 0 Å². The summed E-state index contributed by atoms with van der Waals surface area (Å²) < 4.78 is 5.60. The molecular weight excluding hydrogens is 266 g/mol. The number of pyridine rings is 1. The predicted octanol–water partition coefficient (Wildman–Crippen LogP) is 2.59. The first-order chi connectivity index (χ1) is 10.1. The molecule has 0 aliphatic carbocycles. The summed E-state index contributed by atoms with van der Waals surface area (Å²) in [6, 6.07) is 3.62. The maximum atomic E-state index is 12.1. The van der Waals surface area contributed by atoms with E-state index in [0.29, 0.717) is 23.9 Å². The smallest absolute Gasteiger partial charge is 0.238 e. The number of piperidine rings is 1. The molecule has 1 aromatic rings. The highest BCUT2D eigenvalue weighted by molar-refractivity contribution is 5.91. The lowest BCUT2D eigenvalue weighted by molar-refractivity contribution is -0.116. The summed E-state index contributed by atoms with van der Waals surface area (Å²) in [5.41, 5.74) is 0.651. The quantitative estimate of drug-likeness (QED) is 0.845. The molecule has 1 unspecified atom stereocenters. The van der Waals surface area contributed by atoms with Crippen molar-refractivity contribution >= 4 is 11.6 Å². The van der Waals surface area contributed by atoms with Gasteiger partial charge in [0.15, 0.2) is 0 Å². The molecule has 1 fully saturated rings. The molecule has 2 rings (SSSR count). The lowest BCUT2D eigenvalue weighted by Crippen LogP contribution is -2.30. The van der Waals surface area contributed by atoms with Gasteiger partial charge in [-0.25, -0.2) is 4.98 Å². The van der Waals surface area contributed by atoms with E-state index in [1.165, 1.54) is 12.8 Å². The Bertz CT molecular complexity index is 457. The van der Waals surface area contributed by atoms with E-state index in [1.807, 2.05) is 19.9 Å². The molecule has 0 bridgehead atoms. The SMILES string of the molecule is CC(C)Oc1ncccc1NC(=O)CCC1CCCNC1. The molecular formula is C16H25N3O2. The summed E-state index contributed by atoms with van der Waals surface area (Å²) in [4.78, 5) is 16.3. The summed E-state index contributed by atoms with van der Waals surface area (Å²) in [7, 11) is 0. The number of hydrogen-bond donors (Lipinski definition) is 2. The Morgan fingerprint density at radius 2 is 2.43 bits per heavy atom. The van der Waals surface area contributed by atoms with Gasteiger partial charge >= 0.3 is 0 Å². The van der Waals surface area contributed by atoms with E-state index >= 15 is 0 Å². The van der Waals surface area contributed by atoms with Crippen molar-refractivity contribution in [3.63, 3.8) is 0 Å². The number of carbonyl (C=O) groups is 1. The molecule has 0 aromatic carbocycles. The highest BCUT2D eigenvalue weighted by Gasteiger charge is 2.15. The van der Waals surface area contributed by atoms with Crippen LogP contribution in [0.4, 0.5) is 5.69 Å². The van der Waals surface area contributed by atoms with Crippen LogP contribution in [0.25, 0.3) is 0 Å². The van der Waals surface area contributed by atoms with E-state index < -0.39 is 0 Å². The van der Waals surface area contributed by atoms with Crippen molar-refractivity contribution in [3.05, 3.63) is 18.3 Å². The fraction of sp³-hybridized carbons (Fsp3) is 0.625. The van der Waals surface area contributed by atoms with Crippen LogP contribution >= 0.6 is 0 Å². The van der Waals surface area contributed by atoms with Crippen LogP contribution in [0.5, 0.6) is 5.88 Å². The first kappa shape index (κ1) is 15.8. The summed E-state index contributed by atoms with van der Waals surface area (Å²) in [5, 5.41) is 6.29. The fourth-order valence-electron chi connectivity index (χ4n) is 2.52. The average molecular weight is 291 g/mol. The second kappa shape index (κ2) is 7.98. The summed E-state index contributed by atoms with van der Waals surface area (Å²) in [5.74, 6) is 1.13. The standard InChI is InChI=1S/C16H25N3O2/c1-12(2)21-16-14(6-4-10-18-16)19-15(20)8-7-13-5-3-9-17-11-13/h4,6,10,12-13,17H,3,5,7-9,11H2,1-2H3,(H,19,20). The van der Waals surface area contributed by atoms with E-state index in [4.69, 9.17) is 4.74 Å². The van der Waals surface area contributed by atoms with Crippen molar-refractivity contribution in [1.82, 2.24) is 10.3 Å². The van der Waals surface area contributed by atoms with Gasteiger partial charge in [0.1, 0.15) is 5.69 Å². The topological polar surface area (TPSA) is 63.2 Å². The van der Waals surface area contributed by atoms with Crippen molar-refractivity contribution < 1.29 is 9.53 Å². The number of hydrogen-bond acceptors (Lipinski definition) is 4. The van der Waals surface area contributed by atoms with Gasteiger partial charge in [-0.3, -0.25) is 4.79 Å². The number of nitrogens with one attached hydrogen (secondary N) is 2. The highest BCUT2D eigenvalue weighted by Crippen LogP contribution is 2.22. The van der Waals surface area contributed by atoms with Crippen LogP contribution in [0.2, 0.25) is 0 Å². The molecule has 1 amide bonds. The number of rotatable bonds is 6. The van der Waals surface area contributed by atoms with Crippen molar-refractivity contribution in [2.45, 2.75) is 45.6 Å². The molecule has 1 aromatic heterocycles. The maximum absolute atomic E-state index is 12.1. The van der Waals surface area contributed by atoms with E-state index in [9.17, 15) is 4.79 Å². The normalized spacial score (nSPS) is 18.5. The van der Waals surface area contributed by atoms with Crippen LogP contribution in [-0.4, -0.2) is 30.1 Å². The average Bonchev–Trinajstić information content (AvgIpc) is 2.48. The fourth-order valence-corrected chi connectivity index (χ4v) is 2.52. The first-order valence-electron chi connectivity index (χ1n) is 7.77. The number of carbonyl (C=O) groups excluding carboxylic acids is 1. The van der Waals surface area contributed by atoms with Gasteiger partial charge in [0.25, 0.3) is 0 Å². The molecule has 1 aliphatic heterocycles. The Morgan fingerprint density at radius 1 is 1.57 bits per heavy atom. The van der Waals surface area contributed by atoms with Crippen molar-refractivity contribution in [2.24, 2.45) is 5.92 Å². The van der Waals surface area contributed by atoms with Crippen molar-refractivity contribution in [1.29, 1.82) is 0 Å². The van der Waals surface area contributed by atoms with Gasteiger partial charge in [0.2, 0.25) is 11.8 Å². The minimum absolute atomic E-state index is 0.0298. The Kier molecular flexibility index (Phi) is 5.99. The number of nitrogens with zero attached hydrogens (tertiary/aromatic N) is 1. The third-order valence-electron chi connectivity index (χ3n) is 3.57. The van der Waals surface area contributed by atoms with E-state index in [1.54, 1.807) is 12.3 Å². The zero-order valence-corrected chi connectivity index (χ0v) is 12.9. The number of ether oxygens (including phenoxy) is 1. The van der Waals surface area contributed by atoms with Gasteiger partial charge in [-0.2, -0.15) is 0 Å². The van der Waals surface area contributed by atoms with Crippen LogP contribution in [0.1, 0.15) is 39.5 Å². The van der Waals surface area contributed by atoms with Gasteiger partial charge in [-0.1, -0.05) is 0 Å². The van der Waals surface area contributed by atoms with E-state index in [-0.39, 0.29) is 12.0 Å². The molecule has 0 spiro atoms. The van der Waals surface area contributed by atoms with Gasteiger partial charge in [0, 0.05) is 12.6 Å². The monoisotopic (exact) mass is 291 g/mol. The van der Waals surface area contributed by atoms with Crippen molar-refractivity contribution in [2.75, 3.05) is 18.4 Å². The van der Waals surface area contributed by atoms with Gasteiger partial charge < -0.3 is 15.4 Å². The zero-order valence-electron chi connectivity index (χ0n) is 12.9. The summed E-state index contributed by atoms with van der Waals surface area (Å²) in [6.07, 6.45) is 5.60. The second-order valence-corrected chi connectivity index (χ2v) is 5.82. The Hall–Kier alpha value is -1.62. The third-order valence-corrected chi connectivity index (χ3v) is 3.57. The van der Waals surface area contributed by atoms with Crippen molar-refractivity contribution in [3.8, 4) is 5.88 Å². The lowest BCUT2D eigenvalue weighted by Gasteiger charge is -2.22. The van der Waals surface area contributed by atoms with Gasteiger partial charge in [-0.05, 0) is 64.3 Å². The molecule has 2 heterocycles. The third kappa shape index (κ3) is 5.34. The molecule has 5 nitrogen and oxygen atoms in total. The molecule has 0 saturated carbocycles. The lowest BCUT2D eigenvalue weighted by atomic mass is 9.94. The number of amides is 1. The zero-order chi connectivity index (χ0) is 15.1. The van der Waals surface area contributed by atoms with E-state index in [2.05, 4.69) is 15.6 Å². The first-order valence-corrected chi connectivity index (χ1v) is 7.77. The summed E-state index contributed by atoms with van der Waals surface area (Å²) >= 11 is 0.